The van der Waals surface area contributed by atoms with E-state index in [2.05, 4.69) is 9.88 Å². The normalized spacial score (nSPS) is 14.5. The van der Waals surface area contributed by atoms with Crippen LogP contribution in [0.4, 0.5) is 20.2 Å². The predicted molar refractivity (Wildman–Crippen MR) is 132 cm³/mol. The molecule has 0 amide bonds. The molecule has 0 radical (unpaired) electrons. The van der Waals surface area contributed by atoms with Crippen molar-refractivity contribution in [1.29, 1.82) is 0 Å². The average Bonchev–Trinajstić information content (AvgIpc) is 2.89. The molecule has 5 rings (SSSR count). The van der Waals surface area contributed by atoms with Crippen LogP contribution in [0.15, 0.2) is 71.8 Å². The second-order valence-corrected chi connectivity index (χ2v) is 8.74. The quantitative estimate of drug-likeness (QED) is 0.310. The number of hydrogen-bond donors (Lipinski definition) is 0. The van der Waals surface area contributed by atoms with E-state index in [9.17, 15) is 23.7 Å². The summed E-state index contributed by atoms with van der Waals surface area (Å²) in [5.74, 6) is -0.695. The first-order valence-corrected chi connectivity index (χ1v) is 11.5. The Labute approximate surface area is 205 Å². The Balaban J connectivity index is 1.51. The van der Waals surface area contributed by atoms with Gasteiger partial charge in [-0.25, -0.2) is 8.78 Å². The number of rotatable bonds is 5. The number of anilines is 1. The number of nitro groups is 1. The fourth-order valence-corrected chi connectivity index (χ4v) is 4.95. The van der Waals surface area contributed by atoms with Crippen molar-refractivity contribution in [2.45, 2.75) is 6.04 Å². The van der Waals surface area contributed by atoms with E-state index in [1.165, 1.54) is 35.9 Å². The fraction of sp³-hybridized carbons (Fsp3) is 0.231. The molecule has 3 heterocycles. The van der Waals surface area contributed by atoms with Crippen LogP contribution in [0, 0.1) is 21.7 Å². The molecule has 1 aliphatic heterocycles. The van der Waals surface area contributed by atoms with Gasteiger partial charge in [-0.05, 0) is 41.5 Å². The van der Waals surface area contributed by atoms with Gasteiger partial charge in [-0.15, -0.1) is 0 Å². The number of pyridine rings is 2. The van der Waals surface area contributed by atoms with E-state index in [0.717, 1.165) is 11.1 Å². The molecule has 1 saturated heterocycles. The van der Waals surface area contributed by atoms with Gasteiger partial charge in [-0.2, -0.15) is 0 Å². The predicted octanol–water partition coefficient (Wildman–Crippen LogP) is 4.03. The maximum Gasteiger partial charge on any atom is 0.357 e. The fourth-order valence-electron chi connectivity index (χ4n) is 4.95. The summed E-state index contributed by atoms with van der Waals surface area (Å²) in [6.45, 7) is 1.84. The van der Waals surface area contributed by atoms with Crippen molar-refractivity contribution >= 4 is 22.3 Å². The van der Waals surface area contributed by atoms with Crippen molar-refractivity contribution in [2.24, 2.45) is 7.05 Å². The molecule has 0 unspecified atom stereocenters. The highest BCUT2D eigenvalue weighted by atomic mass is 19.1. The molecule has 0 N–H and O–H groups in total. The lowest BCUT2D eigenvalue weighted by Gasteiger charge is -2.40. The standard InChI is InChI=1S/C26H23F2N5O3/c1-30-22-10-11-29-16-21(22)24(25(26(30)34)33(35)36)32-14-12-31(13-15-32)23(17-2-6-19(27)7-3-17)18-4-8-20(28)9-5-18/h2-11,16,23H,12-15H2,1H3. The molecule has 4 aromatic rings. The first-order valence-electron chi connectivity index (χ1n) is 11.5. The Bertz CT molecular complexity index is 1440. The van der Waals surface area contributed by atoms with Gasteiger partial charge in [0, 0.05) is 51.0 Å². The first-order chi connectivity index (χ1) is 17.3. The maximum absolute atomic E-state index is 13.6. The van der Waals surface area contributed by atoms with Crippen molar-refractivity contribution in [2.75, 3.05) is 31.1 Å². The highest BCUT2D eigenvalue weighted by Crippen LogP contribution is 2.35. The zero-order chi connectivity index (χ0) is 25.4. The second-order valence-electron chi connectivity index (χ2n) is 8.74. The number of hydrogen-bond acceptors (Lipinski definition) is 6. The minimum atomic E-state index is -0.674. The molecule has 1 aliphatic rings. The largest absolute Gasteiger partial charge is 0.363 e. The lowest BCUT2D eigenvalue weighted by Crippen LogP contribution is -2.48. The molecule has 0 bridgehead atoms. The van der Waals surface area contributed by atoms with Gasteiger partial charge in [0.15, 0.2) is 0 Å². The Kier molecular flexibility index (Phi) is 6.19. The Morgan fingerprint density at radius 3 is 2.00 bits per heavy atom. The van der Waals surface area contributed by atoms with Gasteiger partial charge in [-0.3, -0.25) is 24.8 Å². The van der Waals surface area contributed by atoms with Gasteiger partial charge < -0.3 is 9.47 Å². The van der Waals surface area contributed by atoms with Crippen molar-refractivity contribution in [1.82, 2.24) is 14.5 Å². The molecule has 0 aliphatic carbocycles. The Hall–Kier alpha value is -4.18. The molecule has 0 atom stereocenters. The van der Waals surface area contributed by atoms with Crippen LogP contribution in [0.25, 0.3) is 10.9 Å². The molecule has 1 fully saturated rings. The van der Waals surface area contributed by atoms with E-state index in [1.54, 1.807) is 42.7 Å². The third-order valence-corrected chi connectivity index (χ3v) is 6.70. The smallest absolute Gasteiger partial charge is 0.357 e. The summed E-state index contributed by atoms with van der Waals surface area (Å²) in [4.78, 5) is 32.4. The topological polar surface area (TPSA) is 84.5 Å². The van der Waals surface area contributed by atoms with Gasteiger partial charge in [0.2, 0.25) is 0 Å². The number of nitrogens with zero attached hydrogens (tertiary/aromatic N) is 5. The van der Waals surface area contributed by atoms with E-state index < -0.39 is 16.2 Å². The summed E-state index contributed by atoms with van der Waals surface area (Å²) in [6.07, 6.45) is 3.09. The molecular formula is C26H23F2N5O3. The van der Waals surface area contributed by atoms with Gasteiger partial charge in [0.1, 0.15) is 17.3 Å². The Morgan fingerprint density at radius 2 is 1.47 bits per heavy atom. The summed E-state index contributed by atoms with van der Waals surface area (Å²) < 4.78 is 28.5. The molecule has 2 aromatic heterocycles. The Morgan fingerprint density at radius 1 is 0.917 bits per heavy atom. The monoisotopic (exact) mass is 491 g/mol. The number of halogens is 2. The SMILES string of the molecule is Cn1c(=O)c([N+](=O)[O-])c(N2CCN(C(c3ccc(F)cc3)c3ccc(F)cc3)CC2)c2cnccc21. The van der Waals surface area contributed by atoms with Gasteiger partial charge in [0.25, 0.3) is 0 Å². The van der Waals surface area contributed by atoms with Crippen LogP contribution in [-0.2, 0) is 7.05 Å². The van der Waals surface area contributed by atoms with Gasteiger partial charge in [0.05, 0.1) is 16.5 Å². The third-order valence-electron chi connectivity index (χ3n) is 6.70. The zero-order valence-electron chi connectivity index (χ0n) is 19.5. The number of fused-ring (bicyclic) bond motifs is 1. The average molecular weight is 491 g/mol. The summed E-state index contributed by atoms with van der Waals surface area (Å²) in [6, 6.07) is 13.8. The van der Waals surface area contributed by atoms with Crippen molar-refractivity contribution in [3.63, 3.8) is 0 Å². The summed E-state index contributed by atoms with van der Waals surface area (Å²) in [5, 5.41) is 12.5. The van der Waals surface area contributed by atoms with Crippen molar-refractivity contribution in [3.05, 3.63) is 110 Å². The zero-order valence-corrected chi connectivity index (χ0v) is 19.5. The van der Waals surface area contributed by atoms with Crippen LogP contribution in [0.5, 0.6) is 0 Å². The summed E-state index contributed by atoms with van der Waals surface area (Å²) in [7, 11) is 1.51. The number of piperazine rings is 1. The third kappa shape index (κ3) is 4.20. The minimum absolute atomic E-state index is 0.259. The summed E-state index contributed by atoms with van der Waals surface area (Å²) in [5.41, 5.74) is 1.39. The van der Waals surface area contributed by atoms with E-state index in [4.69, 9.17) is 0 Å². The number of benzene rings is 2. The maximum atomic E-state index is 13.6. The first kappa shape index (κ1) is 23.6. The second kappa shape index (κ2) is 9.46. The van der Waals surface area contributed by atoms with Crippen LogP contribution >= 0.6 is 0 Å². The van der Waals surface area contributed by atoms with Gasteiger partial charge in [-0.1, -0.05) is 24.3 Å². The van der Waals surface area contributed by atoms with E-state index >= 15 is 0 Å². The van der Waals surface area contributed by atoms with Crippen molar-refractivity contribution in [3.8, 4) is 0 Å². The van der Waals surface area contributed by atoms with Crippen LogP contribution in [-0.4, -0.2) is 45.6 Å². The summed E-state index contributed by atoms with van der Waals surface area (Å²) >= 11 is 0. The number of aromatic nitrogens is 2. The molecule has 2 aromatic carbocycles. The molecule has 184 valence electrons. The van der Waals surface area contributed by atoms with E-state index in [1.807, 2.05) is 4.90 Å². The van der Waals surface area contributed by atoms with Gasteiger partial charge >= 0.3 is 11.2 Å². The van der Waals surface area contributed by atoms with E-state index in [-0.39, 0.29) is 23.4 Å². The molecule has 10 heteroatoms. The molecule has 0 spiro atoms. The van der Waals surface area contributed by atoms with Crippen LogP contribution < -0.4 is 10.5 Å². The lowest BCUT2D eigenvalue weighted by atomic mass is 9.96. The number of aryl methyl sites for hydroxylation is 1. The van der Waals surface area contributed by atoms with Crippen molar-refractivity contribution < 1.29 is 13.7 Å². The van der Waals surface area contributed by atoms with Crippen LogP contribution in [0.3, 0.4) is 0 Å². The highest BCUT2D eigenvalue weighted by molar-refractivity contribution is 5.96. The van der Waals surface area contributed by atoms with Crippen LogP contribution in [0.1, 0.15) is 17.2 Å². The van der Waals surface area contributed by atoms with E-state index in [0.29, 0.717) is 37.1 Å². The van der Waals surface area contributed by atoms with Crippen LogP contribution in [0.2, 0.25) is 0 Å². The highest BCUT2D eigenvalue weighted by Gasteiger charge is 2.33. The molecule has 36 heavy (non-hydrogen) atoms. The molecular weight excluding hydrogens is 468 g/mol. The molecule has 0 saturated carbocycles. The minimum Gasteiger partial charge on any atom is -0.363 e. The molecule has 8 nitrogen and oxygen atoms in total. The lowest BCUT2D eigenvalue weighted by molar-refractivity contribution is -0.385.